The Morgan fingerprint density at radius 1 is 1.36 bits per heavy atom. The van der Waals surface area contributed by atoms with E-state index in [4.69, 9.17) is 22.1 Å². The average Bonchev–Trinajstić information content (AvgIpc) is 2.54. The Labute approximate surface area is 148 Å². The number of likely N-dealkylation sites (N-methyl/N-ethyl adjacent to an activating group) is 1. The number of ether oxygens (including phenoxy) is 1. The van der Waals surface area contributed by atoms with Gasteiger partial charge < -0.3 is 20.7 Å². The van der Waals surface area contributed by atoms with Crippen LogP contribution in [0.3, 0.4) is 0 Å². The van der Waals surface area contributed by atoms with E-state index >= 15 is 0 Å². The Morgan fingerprint density at radius 3 is 2.80 bits per heavy atom. The zero-order chi connectivity index (χ0) is 18.1. The average molecular weight is 364 g/mol. The molecular weight excluding hydrogens is 349 g/mol. The first kappa shape index (κ1) is 17.0. The molecule has 0 saturated carbocycles. The first-order chi connectivity index (χ1) is 11.9. The number of hydrogen-bond donors (Lipinski definition) is 2. The monoisotopic (exact) mass is 363 g/mol. The number of carbonyl (C=O) groups is 2. The Hall–Kier alpha value is -2.80. The minimum absolute atomic E-state index is 0.121. The van der Waals surface area contributed by atoms with Crippen LogP contribution in [0.25, 0.3) is 0 Å². The standard InChI is InChI=1S/C17H15ClFN3O3/c1-22-15-9(7-12(16(22)23)21-17(20)24)3-2-4-14(15)25-13-6-5-10(19)8-11(13)18/h2-6,8,12H,7H2,1H3,(H3,20,21,24)/t12-/m1/s1. The highest BCUT2D eigenvalue weighted by atomic mass is 35.5. The van der Waals surface area contributed by atoms with Gasteiger partial charge in [-0.3, -0.25) is 4.79 Å². The lowest BCUT2D eigenvalue weighted by atomic mass is 9.97. The predicted octanol–water partition coefficient (Wildman–Crippen LogP) is 2.83. The second-order valence-corrected chi connectivity index (χ2v) is 6.01. The molecule has 2 aromatic carbocycles. The molecule has 1 aliphatic heterocycles. The van der Waals surface area contributed by atoms with Gasteiger partial charge in [-0.25, -0.2) is 9.18 Å². The highest BCUT2D eigenvalue weighted by Crippen LogP contribution is 2.40. The second-order valence-electron chi connectivity index (χ2n) is 5.60. The number of hydrogen-bond acceptors (Lipinski definition) is 3. The number of carbonyl (C=O) groups excluding carboxylic acids is 2. The summed E-state index contributed by atoms with van der Waals surface area (Å²) < 4.78 is 19.0. The van der Waals surface area contributed by atoms with Crippen LogP contribution in [0.5, 0.6) is 11.5 Å². The van der Waals surface area contributed by atoms with Crippen LogP contribution in [0, 0.1) is 5.82 Å². The van der Waals surface area contributed by atoms with Gasteiger partial charge >= 0.3 is 6.03 Å². The second kappa shape index (κ2) is 6.60. The molecule has 3 amide bonds. The Balaban J connectivity index is 1.97. The van der Waals surface area contributed by atoms with Gasteiger partial charge in [0.2, 0.25) is 5.91 Å². The van der Waals surface area contributed by atoms with Gasteiger partial charge in [-0.2, -0.15) is 0 Å². The molecule has 0 aromatic heterocycles. The van der Waals surface area contributed by atoms with Crippen molar-refractivity contribution in [3.63, 3.8) is 0 Å². The van der Waals surface area contributed by atoms with Crippen LogP contribution in [0.4, 0.5) is 14.9 Å². The SMILES string of the molecule is CN1C(=O)[C@H](NC(N)=O)Cc2cccc(Oc3ccc(F)cc3Cl)c21. The summed E-state index contributed by atoms with van der Waals surface area (Å²) in [6.45, 7) is 0. The molecule has 1 aliphatic rings. The fourth-order valence-electron chi connectivity index (χ4n) is 2.81. The van der Waals surface area contributed by atoms with Crippen LogP contribution in [-0.4, -0.2) is 25.0 Å². The number of primary amides is 1. The summed E-state index contributed by atoms with van der Waals surface area (Å²) in [5.74, 6) is -0.109. The number of rotatable bonds is 3. The minimum Gasteiger partial charge on any atom is -0.454 e. The van der Waals surface area contributed by atoms with Crippen molar-refractivity contribution in [2.45, 2.75) is 12.5 Å². The number of anilines is 1. The third-order valence-corrected chi connectivity index (χ3v) is 4.20. The van der Waals surface area contributed by atoms with Gasteiger partial charge in [-0.15, -0.1) is 0 Å². The fraction of sp³-hybridized carbons (Fsp3) is 0.176. The number of nitrogens with one attached hydrogen (secondary N) is 1. The van der Waals surface area contributed by atoms with Crippen molar-refractivity contribution in [2.24, 2.45) is 5.73 Å². The Kier molecular flexibility index (Phi) is 4.50. The van der Waals surface area contributed by atoms with E-state index in [0.717, 1.165) is 11.6 Å². The molecule has 0 fully saturated rings. The number of nitrogens with two attached hydrogens (primary N) is 1. The van der Waals surface area contributed by atoms with Crippen LogP contribution >= 0.6 is 11.6 Å². The lowest BCUT2D eigenvalue weighted by molar-refractivity contribution is -0.120. The molecular formula is C17H15ClFN3O3. The molecule has 0 radical (unpaired) electrons. The zero-order valence-corrected chi connectivity index (χ0v) is 14.0. The van der Waals surface area contributed by atoms with E-state index in [-0.39, 0.29) is 23.1 Å². The normalized spacial score (nSPS) is 16.4. The topological polar surface area (TPSA) is 84.7 Å². The summed E-state index contributed by atoms with van der Waals surface area (Å²) in [5.41, 5.74) is 6.49. The van der Waals surface area contributed by atoms with Crippen molar-refractivity contribution in [3.8, 4) is 11.5 Å². The molecule has 3 rings (SSSR count). The van der Waals surface area contributed by atoms with Crippen LogP contribution in [0.2, 0.25) is 5.02 Å². The van der Waals surface area contributed by atoms with Crippen LogP contribution in [0.15, 0.2) is 36.4 Å². The van der Waals surface area contributed by atoms with Crippen LogP contribution in [-0.2, 0) is 11.2 Å². The van der Waals surface area contributed by atoms with Crippen molar-refractivity contribution < 1.29 is 18.7 Å². The number of amides is 3. The highest BCUT2D eigenvalue weighted by molar-refractivity contribution is 6.32. The third-order valence-electron chi connectivity index (χ3n) is 3.90. The molecule has 3 N–H and O–H groups in total. The maximum absolute atomic E-state index is 13.2. The fourth-order valence-corrected chi connectivity index (χ4v) is 3.01. The van der Waals surface area contributed by atoms with Crippen LogP contribution in [0.1, 0.15) is 5.56 Å². The van der Waals surface area contributed by atoms with Crippen molar-refractivity contribution >= 4 is 29.2 Å². The van der Waals surface area contributed by atoms with Gasteiger partial charge in [0.1, 0.15) is 17.6 Å². The quantitative estimate of drug-likeness (QED) is 0.879. The smallest absolute Gasteiger partial charge is 0.312 e. The van der Waals surface area contributed by atoms with E-state index in [1.807, 2.05) is 6.07 Å². The van der Waals surface area contributed by atoms with Gasteiger partial charge in [-0.1, -0.05) is 23.7 Å². The molecule has 0 aliphatic carbocycles. The number of para-hydroxylation sites is 1. The van der Waals surface area contributed by atoms with E-state index in [0.29, 0.717) is 11.4 Å². The van der Waals surface area contributed by atoms with Crippen molar-refractivity contribution in [2.75, 3.05) is 11.9 Å². The minimum atomic E-state index is -0.763. The molecule has 130 valence electrons. The van der Waals surface area contributed by atoms with Crippen molar-refractivity contribution in [3.05, 3.63) is 52.8 Å². The first-order valence-electron chi connectivity index (χ1n) is 7.45. The Bertz CT molecular complexity index is 859. The van der Waals surface area contributed by atoms with E-state index in [2.05, 4.69) is 5.32 Å². The molecule has 0 bridgehead atoms. The summed E-state index contributed by atoms with van der Waals surface area (Å²) in [6.07, 6.45) is 0.287. The molecule has 1 atom stereocenters. The Morgan fingerprint density at radius 2 is 2.12 bits per heavy atom. The maximum Gasteiger partial charge on any atom is 0.312 e. The van der Waals surface area contributed by atoms with Gasteiger partial charge in [0.15, 0.2) is 5.75 Å². The van der Waals surface area contributed by atoms with E-state index in [1.165, 1.54) is 17.0 Å². The summed E-state index contributed by atoms with van der Waals surface area (Å²) >= 11 is 6.00. The molecule has 0 unspecified atom stereocenters. The first-order valence-corrected chi connectivity index (χ1v) is 7.83. The molecule has 2 aromatic rings. The largest absolute Gasteiger partial charge is 0.454 e. The molecule has 6 nitrogen and oxygen atoms in total. The molecule has 8 heteroatoms. The predicted molar refractivity (Wildman–Crippen MR) is 91.5 cm³/mol. The highest BCUT2D eigenvalue weighted by Gasteiger charge is 2.33. The van der Waals surface area contributed by atoms with E-state index in [1.54, 1.807) is 19.2 Å². The maximum atomic E-state index is 13.2. The van der Waals surface area contributed by atoms with Crippen molar-refractivity contribution in [1.29, 1.82) is 0 Å². The van der Waals surface area contributed by atoms with E-state index in [9.17, 15) is 14.0 Å². The van der Waals surface area contributed by atoms with Crippen molar-refractivity contribution in [1.82, 2.24) is 5.32 Å². The number of nitrogens with zero attached hydrogens (tertiary/aromatic N) is 1. The van der Waals surface area contributed by atoms with Gasteiger partial charge in [0.05, 0.1) is 10.7 Å². The number of urea groups is 1. The molecule has 25 heavy (non-hydrogen) atoms. The van der Waals surface area contributed by atoms with Gasteiger partial charge in [-0.05, 0) is 29.8 Å². The van der Waals surface area contributed by atoms with E-state index < -0.39 is 17.9 Å². The summed E-state index contributed by atoms with van der Waals surface area (Å²) in [5, 5.41) is 2.55. The summed E-state index contributed by atoms with van der Waals surface area (Å²) in [7, 11) is 1.58. The number of halogens is 2. The van der Waals surface area contributed by atoms with Crippen LogP contribution < -0.4 is 20.7 Å². The summed E-state index contributed by atoms with van der Waals surface area (Å²) in [4.78, 5) is 24.9. The van der Waals surface area contributed by atoms with Gasteiger partial charge in [0.25, 0.3) is 0 Å². The lowest BCUT2D eigenvalue weighted by Crippen LogP contribution is -2.53. The summed E-state index contributed by atoms with van der Waals surface area (Å²) in [6, 6.07) is 7.57. The lowest BCUT2D eigenvalue weighted by Gasteiger charge is -2.32. The molecule has 0 spiro atoms. The van der Waals surface area contributed by atoms with Gasteiger partial charge in [0, 0.05) is 13.5 Å². The number of fused-ring (bicyclic) bond motifs is 1. The third kappa shape index (κ3) is 3.36. The molecule has 0 saturated heterocycles. The zero-order valence-electron chi connectivity index (χ0n) is 13.3. The number of benzene rings is 2. The molecule has 1 heterocycles.